The third-order valence-electron chi connectivity index (χ3n) is 7.29. The highest BCUT2D eigenvalue weighted by Gasteiger charge is 2.29. The standard InChI is InChI=1S/C28H33FN6O2/c1-4-25(27-31-32-33-35(27)15-20-9-11-22(29)12-10-20)34(17-23-6-5-13-37-23)16-21-14-24-18(2)7-8-19(3)26(24)30-28(21)36/h7-12,14,23,25H,4-6,13,15-17H2,1-3H3,(H,30,36). The average molecular weight is 505 g/mol. The first-order chi connectivity index (χ1) is 17.9. The fourth-order valence-corrected chi connectivity index (χ4v) is 5.24. The van der Waals surface area contributed by atoms with Gasteiger partial charge in [0.05, 0.1) is 24.2 Å². The summed E-state index contributed by atoms with van der Waals surface area (Å²) in [5.74, 6) is 0.440. The maximum atomic E-state index is 13.4. The van der Waals surface area contributed by atoms with Gasteiger partial charge in [0.15, 0.2) is 5.82 Å². The Morgan fingerprint density at radius 1 is 1.19 bits per heavy atom. The Balaban J connectivity index is 1.49. The van der Waals surface area contributed by atoms with Crippen LogP contribution in [0.1, 0.15) is 60.3 Å². The van der Waals surface area contributed by atoms with Crippen molar-refractivity contribution in [2.24, 2.45) is 0 Å². The van der Waals surface area contributed by atoms with Gasteiger partial charge in [-0.1, -0.05) is 31.2 Å². The average Bonchev–Trinajstić information content (AvgIpc) is 3.57. The number of aromatic nitrogens is 5. The summed E-state index contributed by atoms with van der Waals surface area (Å²) >= 11 is 0. The first-order valence-electron chi connectivity index (χ1n) is 12.9. The Bertz CT molecular complexity index is 1430. The molecule has 2 aromatic carbocycles. The first-order valence-corrected chi connectivity index (χ1v) is 12.9. The fourth-order valence-electron chi connectivity index (χ4n) is 5.24. The molecule has 2 atom stereocenters. The zero-order chi connectivity index (χ0) is 25.9. The van der Waals surface area contributed by atoms with Crippen molar-refractivity contribution in [2.75, 3.05) is 13.2 Å². The lowest BCUT2D eigenvalue weighted by atomic mass is 10.0. The van der Waals surface area contributed by atoms with Gasteiger partial charge in [0.2, 0.25) is 0 Å². The van der Waals surface area contributed by atoms with E-state index < -0.39 is 0 Å². The van der Waals surface area contributed by atoms with Crippen LogP contribution in [-0.4, -0.2) is 49.3 Å². The number of aromatic amines is 1. The van der Waals surface area contributed by atoms with Crippen molar-refractivity contribution >= 4 is 10.9 Å². The summed E-state index contributed by atoms with van der Waals surface area (Å²) in [5, 5.41) is 13.7. The molecule has 1 N–H and O–H groups in total. The van der Waals surface area contributed by atoms with Crippen LogP contribution in [0.2, 0.25) is 0 Å². The second-order valence-electron chi connectivity index (χ2n) is 9.92. The number of pyridine rings is 1. The molecule has 4 aromatic rings. The lowest BCUT2D eigenvalue weighted by Gasteiger charge is -2.32. The number of hydrogen-bond acceptors (Lipinski definition) is 6. The highest BCUT2D eigenvalue weighted by atomic mass is 19.1. The number of hydrogen-bond donors (Lipinski definition) is 1. The highest BCUT2D eigenvalue weighted by Crippen LogP contribution is 2.28. The van der Waals surface area contributed by atoms with Crippen molar-refractivity contribution in [3.8, 4) is 0 Å². The van der Waals surface area contributed by atoms with Gasteiger partial charge in [0.25, 0.3) is 5.56 Å². The molecule has 3 heterocycles. The van der Waals surface area contributed by atoms with E-state index in [4.69, 9.17) is 4.74 Å². The maximum absolute atomic E-state index is 13.4. The number of benzene rings is 2. The Kier molecular flexibility index (Phi) is 7.43. The summed E-state index contributed by atoms with van der Waals surface area (Å²) in [6, 6.07) is 12.4. The van der Waals surface area contributed by atoms with E-state index in [1.165, 1.54) is 12.1 Å². The van der Waals surface area contributed by atoms with E-state index >= 15 is 0 Å². The summed E-state index contributed by atoms with van der Waals surface area (Å²) in [6.07, 6.45) is 2.87. The smallest absolute Gasteiger partial charge is 0.252 e. The lowest BCUT2D eigenvalue weighted by molar-refractivity contribution is 0.0489. The SMILES string of the molecule is CCC(c1nnnn1Cc1ccc(F)cc1)N(Cc1cc2c(C)ccc(C)c2[nH]c1=O)CC1CCCO1. The molecule has 8 nitrogen and oxygen atoms in total. The number of halogens is 1. The minimum absolute atomic E-state index is 0.0840. The number of tetrazole rings is 1. The van der Waals surface area contributed by atoms with Gasteiger partial charge in [0.1, 0.15) is 5.82 Å². The summed E-state index contributed by atoms with van der Waals surface area (Å²) in [6.45, 7) is 8.48. The molecular formula is C28H33FN6O2. The highest BCUT2D eigenvalue weighted by molar-refractivity contribution is 5.85. The molecule has 2 unspecified atom stereocenters. The molecule has 0 spiro atoms. The quantitative estimate of drug-likeness (QED) is 0.362. The molecule has 194 valence electrons. The van der Waals surface area contributed by atoms with E-state index in [2.05, 4.69) is 45.3 Å². The Morgan fingerprint density at radius 2 is 1.97 bits per heavy atom. The van der Waals surface area contributed by atoms with Crippen LogP contribution in [0.3, 0.4) is 0 Å². The molecule has 5 rings (SSSR count). The topological polar surface area (TPSA) is 88.9 Å². The second-order valence-corrected chi connectivity index (χ2v) is 9.92. The molecule has 0 saturated carbocycles. The van der Waals surface area contributed by atoms with Crippen LogP contribution in [0.5, 0.6) is 0 Å². The summed E-state index contributed by atoms with van der Waals surface area (Å²) in [4.78, 5) is 18.6. The van der Waals surface area contributed by atoms with Gasteiger partial charge in [-0.05, 0) is 78.4 Å². The molecule has 0 aliphatic carbocycles. The number of H-pyrrole nitrogens is 1. The fraction of sp³-hybridized carbons (Fsp3) is 0.429. The molecule has 0 radical (unpaired) electrons. The van der Waals surface area contributed by atoms with Gasteiger partial charge < -0.3 is 9.72 Å². The van der Waals surface area contributed by atoms with Gasteiger partial charge in [-0.15, -0.1) is 5.10 Å². The zero-order valence-corrected chi connectivity index (χ0v) is 21.6. The van der Waals surface area contributed by atoms with E-state index in [9.17, 15) is 9.18 Å². The van der Waals surface area contributed by atoms with Crippen LogP contribution in [0.25, 0.3) is 10.9 Å². The third kappa shape index (κ3) is 5.47. The van der Waals surface area contributed by atoms with Crippen LogP contribution in [0.15, 0.2) is 47.3 Å². The van der Waals surface area contributed by atoms with E-state index in [1.807, 2.05) is 19.1 Å². The Hall–Kier alpha value is -3.43. The van der Waals surface area contributed by atoms with Gasteiger partial charge >= 0.3 is 0 Å². The summed E-state index contributed by atoms with van der Waals surface area (Å²) in [5.41, 5.74) is 4.59. The largest absolute Gasteiger partial charge is 0.377 e. The minimum atomic E-state index is -0.277. The van der Waals surface area contributed by atoms with E-state index in [0.29, 0.717) is 31.0 Å². The van der Waals surface area contributed by atoms with Crippen molar-refractivity contribution in [3.05, 3.63) is 86.7 Å². The van der Waals surface area contributed by atoms with Gasteiger partial charge in [-0.3, -0.25) is 9.69 Å². The van der Waals surface area contributed by atoms with Gasteiger partial charge in [-0.25, -0.2) is 9.07 Å². The van der Waals surface area contributed by atoms with Crippen LogP contribution < -0.4 is 5.56 Å². The number of ether oxygens (including phenoxy) is 1. The second kappa shape index (κ2) is 10.9. The van der Waals surface area contributed by atoms with Gasteiger partial charge in [0, 0.05) is 30.6 Å². The minimum Gasteiger partial charge on any atom is -0.377 e. The van der Waals surface area contributed by atoms with Crippen LogP contribution in [0, 0.1) is 19.7 Å². The molecule has 0 amide bonds. The Labute approximate surface area is 215 Å². The molecule has 1 saturated heterocycles. The van der Waals surface area contributed by atoms with Crippen molar-refractivity contribution in [2.45, 2.75) is 65.3 Å². The number of fused-ring (bicyclic) bond motifs is 1. The molecule has 9 heteroatoms. The summed E-state index contributed by atoms with van der Waals surface area (Å²) in [7, 11) is 0. The first kappa shape index (κ1) is 25.2. The van der Waals surface area contributed by atoms with Crippen molar-refractivity contribution in [3.63, 3.8) is 0 Å². The van der Waals surface area contributed by atoms with Crippen molar-refractivity contribution < 1.29 is 9.13 Å². The van der Waals surface area contributed by atoms with Crippen LogP contribution >= 0.6 is 0 Å². The van der Waals surface area contributed by atoms with Crippen LogP contribution in [-0.2, 0) is 17.8 Å². The molecule has 1 aliphatic heterocycles. The van der Waals surface area contributed by atoms with E-state index in [0.717, 1.165) is 53.5 Å². The van der Waals surface area contributed by atoms with E-state index in [1.54, 1.807) is 16.8 Å². The summed E-state index contributed by atoms with van der Waals surface area (Å²) < 4.78 is 21.2. The molecule has 0 bridgehead atoms. The molecule has 1 aliphatic rings. The monoisotopic (exact) mass is 504 g/mol. The van der Waals surface area contributed by atoms with Crippen molar-refractivity contribution in [1.82, 2.24) is 30.1 Å². The zero-order valence-electron chi connectivity index (χ0n) is 21.6. The molecule has 1 fully saturated rings. The maximum Gasteiger partial charge on any atom is 0.252 e. The number of nitrogens with zero attached hydrogens (tertiary/aromatic N) is 5. The third-order valence-corrected chi connectivity index (χ3v) is 7.29. The van der Waals surface area contributed by atoms with Crippen molar-refractivity contribution in [1.29, 1.82) is 0 Å². The number of aryl methyl sites for hydroxylation is 2. The number of rotatable bonds is 9. The van der Waals surface area contributed by atoms with E-state index in [-0.39, 0.29) is 23.5 Å². The Morgan fingerprint density at radius 3 is 2.70 bits per heavy atom. The normalized spacial score (nSPS) is 16.6. The van der Waals surface area contributed by atoms with Gasteiger partial charge in [-0.2, -0.15) is 0 Å². The molecular weight excluding hydrogens is 471 g/mol. The predicted octanol–water partition coefficient (Wildman–Crippen LogP) is 4.45. The molecule has 2 aromatic heterocycles. The number of nitrogens with one attached hydrogen (secondary N) is 1. The van der Waals surface area contributed by atoms with Crippen LogP contribution in [0.4, 0.5) is 4.39 Å². The molecule has 37 heavy (non-hydrogen) atoms. The lowest BCUT2D eigenvalue weighted by Crippen LogP contribution is -2.37. The predicted molar refractivity (Wildman–Crippen MR) is 140 cm³/mol.